The van der Waals surface area contributed by atoms with Crippen molar-refractivity contribution >= 4 is 33.8 Å². The molecule has 0 bridgehead atoms. The second-order valence-electron chi connectivity index (χ2n) is 8.95. The molecule has 3 fully saturated rings. The lowest BCUT2D eigenvalue weighted by molar-refractivity contribution is -0.134. The summed E-state index contributed by atoms with van der Waals surface area (Å²) in [5.41, 5.74) is 4.67. The van der Waals surface area contributed by atoms with Gasteiger partial charge in [-0.3, -0.25) is 19.3 Å². The average molecular weight is 492 g/mol. The van der Waals surface area contributed by atoms with Crippen LogP contribution in [0.2, 0.25) is 0 Å². The molecule has 184 valence electrons. The molecule has 2 saturated heterocycles. The topological polar surface area (TPSA) is 150 Å². The van der Waals surface area contributed by atoms with Crippen molar-refractivity contribution in [1.29, 1.82) is 0 Å². The number of carbonyl (C=O) groups is 4. The number of hydrogen-bond acceptors (Lipinski definition) is 6. The molecule has 1 aliphatic carbocycles. The molecule has 1 aromatic carbocycles. The Morgan fingerprint density at radius 2 is 1.62 bits per heavy atom. The molecule has 1 spiro atoms. The number of benzene rings is 1. The van der Waals surface area contributed by atoms with Gasteiger partial charge in [-0.05, 0) is 43.5 Å². The minimum atomic E-state index is -3.75. The maximum absolute atomic E-state index is 12.9. The normalized spacial score (nSPS) is 20.7. The number of carbonyl (C=O) groups excluding carboxylic acids is 4. The van der Waals surface area contributed by atoms with Gasteiger partial charge in [-0.15, -0.1) is 0 Å². The quantitative estimate of drug-likeness (QED) is 0.523. The summed E-state index contributed by atoms with van der Waals surface area (Å²) in [5.74, 6) is -0.959. The molecule has 0 aromatic heterocycles. The molecule has 2 heterocycles. The fraction of sp³-hybridized carbons (Fsp3) is 0.545. The molecule has 1 saturated carbocycles. The minimum absolute atomic E-state index is 0.0610. The van der Waals surface area contributed by atoms with Crippen LogP contribution in [0.25, 0.3) is 0 Å². The summed E-state index contributed by atoms with van der Waals surface area (Å²) in [7, 11) is -3.75. The van der Waals surface area contributed by atoms with Gasteiger partial charge in [0.15, 0.2) is 0 Å². The predicted molar refractivity (Wildman–Crippen MR) is 121 cm³/mol. The van der Waals surface area contributed by atoms with E-state index < -0.39 is 21.5 Å². The second-order valence-corrected chi connectivity index (χ2v) is 10.9. The van der Waals surface area contributed by atoms with Crippen LogP contribution in [-0.2, 0) is 19.6 Å². The molecule has 34 heavy (non-hydrogen) atoms. The lowest BCUT2D eigenvalue weighted by atomic mass is 9.98. The molecule has 11 nitrogen and oxygen atoms in total. The third kappa shape index (κ3) is 4.51. The summed E-state index contributed by atoms with van der Waals surface area (Å²) in [4.78, 5) is 51.6. The highest BCUT2D eigenvalue weighted by Gasteiger charge is 2.52. The Kier molecular flexibility index (Phi) is 6.63. The largest absolute Gasteiger partial charge is 0.366 e. The van der Waals surface area contributed by atoms with Crippen LogP contribution in [0.15, 0.2) is 29.2 Å². The first-order valence-electron chi connectivity index (χ1n) is 11.5. The van der Waals surface area contributed by atoms with Gasteiger partial charge in [-0.2, -0.15) is 4.31 Å². The number of amides is 5. The minimum Gasteiger partial charge on any atom is -0.366 e. The molecular formula is C22H29N5O6S. The van der Waals surface area contributed by atoms with Gasteiger partial charge in [0.2, 0.25) is 21.8 Å². The number of rotatable bonds is 7. The van der Waals surface area contributed by atoms with E-state index in [-0.39, 0.29) is 67.4 Å². The molecule has 2 aliphatic heterocycles. The summed E-state index contributed by atoms with van der Waals surface area (Å²) in [6.07, 6.45) is 3.69. The Morgan fingerprint density at radius 1 is 1.00 bits per heavy atom. The highest BCUT2D eigenvalue weighted by molar-refractivity contribution is 7.89. The monoisotopic (exact) mass is 491 g/mol. The van der Waals surface area contributed by atoms with E-state index in [1.807, 2.05) is 0 Å². The number of urea groups is 1. The number of imide groups is 1. The Morgan fingerprint density at radius 3 is 2.21 bits per heavy atom. The van der Waals surface area contributed by atoms with E-state index in [1.165, 1.54) is 33.5 Å². The van der Waals surface area contributed by atoms with E-state index in [4.69, 9.17) is 5.73 Å². The fourth-order valence-electron chi connectivity index (χ4n) is 4.86. The second kappa shape index (κ2) is 9.34. The smallest absolute Gasteiger partial charge is 0.325 e. The number of piperazine rings is 1. The van der Waals surface area contributed by atoms with Crippen molar-refractivity contribution < 1.29 is 27.6 Å². The third-order valence-electron chi connectivity index (χ3n) is 6.84. The summed E-state index contributed by atoms with van der Waals surface area (Å²) in [5, 5.41) is 2.83. The molecule has 1 aromatic rings. The van der Waals surface area contributed by atoms with E-state index in [1.54, 1.807) is 4.90 Å². The van der Waals surface area contributed by atoms with Crippen LogP contribution in [-0.4, -0.2) is 84.5 Å². The van der Waals surface area contributed by atoms with Crippen LogP contribution in [0.5, 0.6) is 0 Å². The van der Waals surface area contributed by atoms with E-state index in [0.29, 0.717) is 19.3 Å². The van der Waals surface area contributed by atoms with Crippen molar-refractivity contribution in [3.05, 3.63) is 29.8 Å². The van der Waals surface area contributed by atoms with Crippen molar-refractivity contribution in [2.24, 2.45) is 5.73 Å². The first kappa shape index (κ1) is 24.1. The lowest BCUT2D eigenvalue weighted by Crippen LogP contribution is -2.50. The number of hydrogen-bond donors (Lipinski definition) is 2. The molecular weight excluding hydrogens is 462 g/mol. The highest BCUT2D eigenvalue weighted by atomic mass is 32.2. The van der Waals surface area contributed by atoms with Gasteiger partial charge < -0.3 is 16.0 Å². The SMILES string of the molecule is NC(=O)c1ccc(S(=O)(=O)N2CCN(C(=O)CCCN3C(=O)NC4(CCCC4)C3=O)CC2)cc1. The van der Waals surface area contributed by atoms with Gasteiger partial charge in [0.1, 0.15) is 5.54 Å². The molecule has 3 aliphatic rings. The highest BCUT2D eigenvalue weighted by Crippen LogP contribution is 2.35. The van der Waals surface area contributed by atoms with Gasteiger partial charge in [-0.25, -0.2) is 13.2 Å². The first-order valence-corrected chi connectivity index (χ1v) is 12.9. The zero-order valence-electron chi connectivity index (χ0n) is 18.9. The maximum Gasteiger partial charge on any atom is 0.325 e. The average Bonchev–Trinajstić information content (AvgIpc) is 3.39. The van der Waals surface area contributed by atoms with Crippen molar-refractivity contribution in [2.75, 3.05) is 32.7 Å². The molecule has 4 rings (SSSR count). The third-order valence-corrected chi connectivity index (χ3v) is 8.76. The van der Waals surface area contributed by atoms with Crippen LogP contribution < -0.4 is 11.1 Å². The van der Waals surface area contributed by atoms with Crippen molar-refractivity contribution in [3.63, 3.8) is 0 Å². The molecule has 12 heteroatoms. The van der Waals surface area contributed by atoms with Gasteiger partial charge in [0.05, 0.1) is 4.90 Å². The zero-order valence-corrected chi connectivity index (χ0v) is 19.7. The zero-order chi connectivity index (χ0) is 24.5. The van der Waals surface area contributed by atoms with Crippen molar-refractivity contribution in [3.8, 4) is 0 Å². The van der Waals surface area contributed by atoms with Gasteiger partial charge in [0.25, 0.3) is 5.91 Å². The van der Waals surface area contributed by atoms with Crippen LogP contribution in [0.1, 0.15) is 48.9 Å². The van der Waals surface area contributed by atoms with Gasteiger partial charge >= 0.3 is 6.03 Å². The Hall–Kier alpha value is -2.99. The molecule has 3 N–H and O–H groups in total. The number of sulfonamides is 1. The Balaban J connectivity index is 1.25. The van der Waals surface area contributed by atoms with Gasteiger partial charge in [-0.1, -0.05) is 12.8 Å². The lowest BCUT2D eigenvalue weighted by Gasteiger charge is -2.34. The van der Waals surface area contributed by atoms with Crippen LogP contribution in [0.3, 0.4) is 0 Å². The van der Waals surface area contributed by atoms with E-state index in [0.717, 1.165) is 12.8 Å². The molecule has 0 radical (unpaired) electrons. The molecule has 0 atom stereocenters. The van der Waals surface area contributed by atoms with Crippen LogP contribution in [0, 0.1) is 0 Å². The number of primary amides is 1. The number of nitrogens with two attached hydrogens (primary N) is 1. The standard InChI is InChI=1S/C22H29N5O6S/c23-19(29)16-5-7-17(8-6-16)34(32,33)26-14-12-25(13-15-26)18(28)4-3-11-27-20(30)22(24-21(27)31)9-1-2-10-22/h5-8H,1-4,9-15H2,(H2,23,29)(H,24,31). The summed E-state index contributed by atoms with van der Waals surface area (Å²) in [6, 6.07) is 5.04. The van der Waals surface area contributed by atoms with E-state index >= 15 is 0 Å². The van der Waals surface area contributed by atoms with Crippen LogP contribution in [0.4, 0.5) is 4.79 Å². The van der Waals surface area contributed by atoms with Crippen molar-refractivity contribution in [2.45, 2.75) is 49.0 Å². The summed E-state index contributed by atoms with van der Waals surface area (Å²) < 4.78 is 27.0. The van der Waals surface area contributed by atoms with E-state index in [9.17, 15) is 27.6 Å². The van der Waals surface area contributed by atoms with Crippen molar-refractivity contribution in [1.82, 2.24) is 19.4 Å². The first-order chi connectivity index (χ1) is 16.1. The number of nitrogens with one attached hydrogen (secondary N) is 1. The molecule has 0 unspecified atom stereocenters. The van der Waals surface area contributed by atoms with E-state index in [2.05, 4.69) is 5.32 Å². The maximum atomic E-state index is 12.9. The summed E-state index contributed by atoms with van der Waals surface area (Å²) >= 11 is 0. The Labute approximate surface area is 198 Å². The fourth-order valence-corrected chi connectivity index (χ4v) is 6.28. The summed E-state index contributed by atoms with van der Waals surface area (Å²) in [6.45, 7) is 1.00. The Bertz CT molecular complexity index is 1090. The van der Waals surface area contributed by atoms with Gasteiger partial charge in [0, 0.05) is 44.7 Å². The predicted octanol–water partition coefficient (Wildman–Crippen LogP) is 0.263. The number of nitrogens with zero attached hydrogens (tertiary/aromatic N) is 3. The molecule has 5 amide bonds. The van der Waals surface area contributed by atoms with Crippen LogP contribution >= 0.6 is 0 Å².